The number of methoxy groups -OCH3 is 1. The van der Waals surface area contributed by atoms with Gasteiger partial charge in [0.2, 0.25) is 10.8 Å². The molecule has 0 aliphatic carbocycles. The minimum absolute atomic E-state index is 0.0647. The number of hydrogen-bond acceptors (Lipinski definition) is 5. The zero-order chi connectivity index (χ0) is 19.1. The minimum Gasteiger partial charge on any atom is -0.497 e. The Bertz CT molecular complexity index is 924. The van der Waals surface area contributed by atoms with Gasteiger partial charge in [-0.2, -0.15) is 4.52 Å². The summed E-state index contributed by atoms with van der Waals surface area (Å²) in [5.41, 5.74) is 1.18. The van der Waals surface area contributed by atoms with Crippen molar-refractivity contribution in [2.45, 2.75) is 33.2 Å². The van der Waals surface area contributed by atoms with E-state index in [4.69, 9.17) is 4.74 Å². The van der Waals surface area contributed by atoms with Crippen LogP contribution in [-0.4, -0.2) is 39.9 Å². The molecule has 7 heteroatoms. The first kappa shape index (κ1) is 18.3. The Kier molecular flexibility index (Phi) is 4.82. The highest BCUT2D eigenvalue weighted by atomic mass is 32.1. The third-order valence-corrected chi connectivity index (χ3v) is 6.54. The van der Waals surface area contributed by atoms with E-state index in [0.717, 1.165) is 28.7 Å². The van der Waals surface area contributed by atoms with Gasteiger partial charge in [-0.05, 0) is 37.6 Å². The standard InChI is InChI=1S/C20H26N4O2S/c1-12-9-13(2)11-23(10-12)17(15-5-7-16(26-4)8-6-15)18-19(25)24-20(27-18)21-14(3)22-24/h5-8,12-13,17,25H,9-11H2,1-4H3/p+1/t12-,13+,17-/m0/s1. The van der Waals surface area contributed by atoms with E-state index in [1.165, 1.54) is 16.9 Å². The normalized spacial score (nSPS) is 24.2. The fourth-order valence-corrected chi connectivity index (χ4v) is 5.66. The van der Waals surface area contributed by atoms with E-state index in [2.05, 4.69) is 36.1 Å². The quantitative estimate of drug-likeness (QED) is 0.722. The molecule has 0 radical (unpaired) electrons. The molecule has 6 nitrogen and oxygen atoms in total. The van der Waals surface area contributed by atoms with E-state index >= 15 is 0 Å². The van der Waals surface area contributed by atoms with Gasteiger partial charge in [0.15, 0.2) is 6.04 Å². The third kappa shape index (κ3) is 3.41. The van der Waals surface area contributed by atoms with Gasteiger partial charge in [0, 0.05) is 17.4 Å². The molecule has 4 rings (SSSR count). The minimum atomic E-state index is 0.0647. The number of aryl methyl sites for hydroxylation is 1. The molecule has 1 fully saturated rings. The SMILES string of the molecule is COc1ccc([C@@H](c2sc3nc(C)nn3c2O)[NH+]2C[C@H](C)C[C@H](C)C2)cc1. The summed E-state index contributed by atoms with van der Waals surface area (Å²) in [6, 6.07) is 8.28. The van der Waals surface area contributed by atoms with Crippen molar-refractivity contribution in [2.75, 3.05) is 20.2 Å². The monoisotopic (exact) mass is 387 g/mol. The average Bonchev–Trinajstić information content (AvgIpc) is 3.13. The van der Waals surface area contributed by atoms with Gasteiger partial charge < -0.3 is 14.7 Å². The Hall–Kier alpha value is -2.12. The fourth-order valence-electron chi connectivity index (χ4n) is 4.47. The van der Waals surface area contributed by atoms with Gasteiger partial charge in [-0.15, -0.1) is 5.10 Å². The van der Waals surface area contributed by atoms with Crippen molar-refractivity contribution >= 4 is 16.3 Å². The van der Waals surface area contributed by atoms with Crippen LogP contribution >= 0.6 is 11.3 Å². The molecule has 0 bridgehead atoms. The van der Waals surface area contributed by atoms with E-state index in [0.29, 0.717) is 17.7 Å². The Morgan fingerprint density at radius 1 is 1.22 bits per heavy atom. The molecular weight excluding hydrogens is 360 g/mol. The summed E-state index contributed by atoms with van der Waals surface area (Å²) in [5.74, 6) is 3.06. The average molecular weight is 388 g/mol. The maximum absolute atomic E-state index is 10.9. The number of rotatable bonds is 4. The van der Waals surface area contributed by atoms with Crippen LogP contribution in [0.25, 0.3) is 4.96 Å². The Morgan fingerprint density at radius 2 is 1.89 bits per heavy atom. The van der Waals surface area contributed by atoms with Crippen LogP contribution in [0.1, 0.15) is 42.6 Å². The van der Waals surface area contributed by atoms with Gasteiger partial charge in [-0.3, -0.25) is 0 Å². The van der Waals surface area contributed by atoms with Gasteiger partial charge in [0.25, 0.3) is 0 Å². The van der Waals surface area contributed by atoms with Crippen LogP contribution in [0.5, 0.6) is 11.6 Å². The summed E-state index contributed by atoms with van der Waals surface area (Å²) < 4.78 is 6.90. The largest absolute Gasteiger partial charge is 0.497 e. The lowest BCUT2D eigenvalue weighted by atomic mass is 9.89. The van der Waals surface area contributed by atoms with Crippen molar-refractivity contribution < 1.29 is 14.7 Å². The van der Waals surface area contributed by atoms with E-state index in [1.807, 2.05) is 19.1 Å². The van der Waals surface area contributed by atoms with E-state index < -0.39 is 0 Å². The molecule has 1 unspecified atom stereocenters. The number of aromatic hydroxyl groups is 1. The number of likely N-dealkylation sites (tertiary alicyclic amines) is 1. The number of piperidine rings is 1. The number of quaternary nitrogens is 1. The van der Waals surface area contributed by atoms with Gasteiger partial charge >= 0.3 is 0 Å². The molecular formula is C20H27N4O2S+. The number of hydrogen-bond donors (Lipinski definition) is 2. The van der Waals surface area contributed by atoms with Gasteiger partial charge in [-0.1, -0.05) is 25.2 Å². The van der Waals surface area contributed by atoms with Crippen molar-refractivity contribution in [2.24, 2.45) is 11.8 Å². The molecule has 4 atom stereocenters. The van der Waals surface area contributed by atoms with E-state index in [9.17, 15) is 5.11 Å². The number of ether oxygens (including phenoxy) is 1. The van der Waals surface area contributed by atoms with Crippen molar-refractivity contribution in [1.29, 1.82) is 0 Å². The number of nitrogens with zero attached hydrogens (tertiary/aromatic N) is 3. The third-order valence-electron chi connectivity index (χ3n) is 5.45. The lowest BCUT2D eigenvalue weighted by Gasteiger charge is -2.37. The van der Waals surface area contributed by atoms with Crippen LogP contribution in [0.15, 0.2) is 24.3 Å². The first-order valence-electron chi connectivity index (χ1n) is 9.49. The highest BCUT2D eigenvalue weighted by Gasteiger charge is 2.37. The highest BCUT2D eigenvalue weighted by molar-refractivity contribution is 7.17. The van der Waals surface area contributed by atoms with Crippen molar-refractivity contribution in [1.82, 2.24) is 14.6 Å². The maximum Gasteiger partial charge on any atom is 0.235 e. The molecule has 27 heavy (non-hydrogen) atoms. The lowest BCUT2D eigenvalue weighted by Crippen LogP contribution is -3.14. The number of nitrogens with one attached hydrogen (secondary N) is 1. The maximum atomic E-state index is 10.9. The zero-order valence-electron chi connectivity index (χ0n) is 16.3. The molecule has 0 amide bonds. The summed E-state index contributed by atoms with van der Waals surface area (Å²) in [5, 5.41) is 15.3. The number of benzene rings is 1. The van der Waals surface area contributed by atoms with Crippen LogP contribution in [0.2, 0.25) is 0 Å². The molecule has 144 valence electrons. The second kappa shape index (κ2) is 7.13. The zero-order valence-corrected chi connectivity index (χ0v) is 17.1. The van der Waals surface area contributed by atoms with Crippen molar-refractivity contribution in [3.05, 3.63) is 40.5 Å². The summed E-state index contributed by atoms with van der Waals surface area (Å²) >= 11 is 1.54. The Labute approximate surface area is 163 Å². The summed E-state index contributed by atoms with van der Waals surface area (Å²) in [4.78, 5) is 7.63. The molecule has 3 heterocycles. The molecule has 1 aromatic carbocycles. The summed E-state index contributed by atoms with van der Waals surface area (Å²) in [6.07, 6.45) is 1.26. The second-order valence-electron chi connectivity index (χ2n) is 7.86. The van der Waals surface area contributed by atoms with Crippen LogP contribution < -0.4 is 9.64 Å². The molecule has 2 aromatic heterocycles. The van der Waals surface area contributed by atoms with Crippen LogP contribution in [0.3, 0.4) is 0 Å². The number of aromatic nitrogens is 3. The second-order valence-corrected chi connectivity index (χ2v) is 8.87. The van der Waals surface area contributed by atoms with Crippen LogP contribution in [0.4, 0.5) is 0 Å². The smallest absolute Gasteiger partial charge is 0.235 e. The Balaban J connectivity index is 1.80. The van der Waals surface area contributed by atoms with Gasteiger partial charge in [-0.25, -0.2) is 4.98 Å². The first-order chi connectivity index (χ1) is 13.0. The molecule has 0 saturated carbocycles. The topological polar surface area (TPSA) is 64.1 Å². The molecule has 3 aromatic rings. The van der Waals surface area contributed by atoms with Crippen molar-refractivity contribution in [3.8, 4) is 11.6 Å². The lowest BCUT2D eigenvalue weighted by molar-refractivity contribution is -0.936. The fraction of sp³-hybridized carbons (Fsp3) is 0.500. The van der Waals surface area contributed by atoms with E-state index in [1.54, 1.807) is 23.0 Å². The molecule has 2 N–H and O–H groups in total. The number of fused-ring (bicyclic) bond motifs is 1. The highest BCUT2D eigenvalue weighted by Crippen LogP contribution is 2.36. The van der Waals surface area contributed by atoms with Crippen LogP contribution in [-0.2, 0) is 0 Å². The summed E-state index contributed by atoms with van der Waals surface area (Å²) in [7, 11) is 1.68. The van der Waals surface area contributed by atoms with Gasteiger partial charge in [0.1, 0.15) is 16.5 Å². The van der Waals surface area contributed by atoms with E-state index in [-0.39, 0.29) is 11.9 Å². The van der Waals surface area contributed by atoms with Crippen molar-refractivity contribution in [3.63, 3.8) is 0 Å². The predicted octanol–water partition coefficient (Wildman–Crippen LogP) is 2.46. The Morgan fingerprint density at radius 3 is 2.48 bits per heavy atom. The first-order valence-corrected chi connectivity index (χ1v) is 10.3. The molecule has 1 saturated heterocycles. The molecule has 0 spiro atoms. The summed E-state index contributed by atoms with van der Waals surface area (Å²) in [6.45, 7) is 8.68. The molecule has 1 aliphatic heterocycles. The predicted molar refractivity (Wildman–Crippen MR) is 106 cm³/mol. The number of thiazole rings is 1. The molecule has 1 aliphatic rings. The van der Waals surface area contributed by atoms with Crippen LogP contribution in [0, 0.1) is 18.8 Å². The van der Waals surface area contributed by atoms with Gasteiger partial charge in [0.05, 0.1) is 20.2 Å².